The molecule has 8 rings (SSSR count). The van der Waals surface area contributed by atoms with Gasteiger partial charge in [-0.2, -0.15) is 8.42 Å². The fourth-order valence-corrected chi connectivity index (χ4v) is 13.6. The van der Waals surface area contributed by atoms with E-state index in [9.17, 15) is 13.2 Å². The number of rotatable bonds is 15. The molecular weight excluding hydrogens is 777 g/mol. The van der Waals surface area contributed by atoms with Crippen molar-refractivity contribution in [1.29, 1.82) is 0 Å². The van der Waals surface area contributed by atoms with Crippen molar-refractivity contribution in [2.75, 3.05) is 12.9 Å². The number of ether oxygens (including phenoxy) is 2. The van der Waals surface area contributed by atoms with Crippen LogP contribution in [0.4, 0.5) is 0 Å². The van der Waals surface area contributed by atoms with E-state index in [1.807, 2.05) is 30.3 Å². The minimum atomic E-state index is -3.63. The molecule has 0 spiro atoms. The van der Waals surface area contributed by atoms with Crippen LogP contribution in [0.15, 0.2) is 133 Å². The van der Waals surface area contributed by atoms with Crippen molar-refractivity contribution in [2.24, 2.45) is 46.3 Å². The molecule has 7 heteroatoms. The maximum absolute atomic E-state index is 13.0. The normalized spacial score (nSPS) is 29.6. The van der Waals surface area contributed by atoms with E-state index < -0.39 is 15.7 Å². The zero-order chi connectivity index (χ0) is 42.8. The Morgan fingerprint density at radius 1 is 0.770 bits per heavy atom. The molecule has 4 aromatic rings. The summed E-state index contributed by atoms with van der Waals surface area (Å²) in [6.45, 7) is 10.2. The second-order valence-electron chi connectivity index (χ2n) is 19.6. The maximum Gasteiger partial charge on any atom is 0.338 e. The smallest absolute Gasteiger partial charge is 0.338 e. The molecule has 0 amide bonds. The van der Waals surface area contributed by atoms with Gasteiger partial charge in [0.15, 0.2) is 0 Å². The Kier molecular flexibility index (Phi) is 12.9. The fraction of sp³-hybridized carbons (Fsp3) is 0.500. The summed E-state index contributed by atoms with van der Waals surface area (Å²) in [5.41, 5.74) is 4.71. The lowest BCUT2D eigenvalue weighted by Crippen LogP contribution is -2.51. The number of esters is 1. The highest BCUT2D eigenvalue weighted by atomic mass is 32.2. The van der Waals surface area contributed by atoms with Crippen molar-refractivity contribution < 1.29 is 26.9 Å². The highest BCUT2D eigenvalue weighted by Gasteiger charge is 2.62. The Morgan fingerprint density at radius 2 is 1.34 bits per heavy atom. The molecule has 0 unspecified atom stereocenters. The third-order valence-electron chi connectivity index (χ3n) is 15.8. The number of carbonyl (C=O) groups excluding carboxylic acids is 1. The van der Waals surface area contributed by atoms with Gasteiger partial charge in [-0.1, -0.05) is 161 Å². The lowest BCUT2D eigenvalue weighted by Gasteiger charge is -2.58. The molecule has 324 valence electrons. The third-order valence-corrected chi connectivity index (χ3v) is 16.4. The first-order chi connectivity index (χ1) is 29.3. The van der Waals surface area contributed by atoms with Crippen molar-refractivity contribution in [1.82, 2.24) is 0 Å². The molecule has 0 bridgehead atoms. The van der Waals surface area contributed by atoms with E-state index >= 15 is 0 Å². The molecule has 0 aliphatic heterocycles. The van der Waals surface area contributed by atoms with Gasteiger partial charge in [0.2, 0.25) is 0 Å². The first kappa shape index (κ1) is 43.6. The zero-order valence-electron chi connectivity index (χ0n) is 36.9. The third kappa shape index (κ3) is 8.81. The van der Waals surface area contributed by atoms with E-state index in [0.717, 1.165) is 80.9 Å². The van der Waals surface area contributed by atoms with Gasteiger partial charge in [-0.15, -0.1) is 0 Å². The minimum absolute atomic E-state index is 0.00452. The van der Waals surface area contributed by atoms with Crippen molar-refractivity contribution >= 4 is 16.1 Å². The van der Waals surface area contributed by atoms with Crippen LogP contribution in [0, 0.1) is 46.3 Å². The fourth-order valence-electron chi connectivity index (χ4n) is 13.0. The molecule has 4 aliphatic carbocycles. The largest absolute Gasteiger partial charge is 0.458 e. The number of carbonyl (C=O) groups is 1. The number of allylic oxidation sites excluding steroid dienone is 1. The monoisotopic (exact) mass is 842 g/mol. The lowest BCUT2D eigenvalue weighted by molar-refractivity contribution is -0.0628. The van der Waals surface area contributed by atoms with Gasteiger partial charge >= 0.3 is 5.97 Å². The summed E-state index contributed by atoms with van der Waals surface area (Å²) in [5, 5.41) is 0. The Labute approximate surface area is 365 Å². The van der Waals surface area contributed by atoms with Crippen LogP contribution in [0.5, 0.6) is 0 Å². The Morgan fingerprint density at radius 3 is 1.92 bits per heavy atom. The summed E-state index contributed by atoms with van der Waals surface area (Å²) in [5.74, 6) is 1.95. The number of hydrogen-bond donors (Lipinski definition) is 0. The molecule has 61 heavy (non-hydrogen) atoms. The molecule has 6 nitrogen and oxygen atoms in total. The van der Waals surface area contributed by atoms with Crippen LogP contribution in [0.3, 0.4) is 0 Å². The topological polar surface area (TPSA) is 78.9 Å². The molecule has 0 saturated heterocycles. The molecule has 0 aromatic heterocycles. The van der Waals surface area contributed by atoms with E-state index in [1.54, 1.807) is 0 Å². The van der Waals surface area contributed by atoms with Crippen LogP contribution in [0.25, 0.3) is 0 Å². The van der Waals surface area contributed by atoms with Gasteiger partial charge in [0.25, 0.3) is 10.1 Å². The predicted molar refractivity (Wildman–Crippen MR) is 243 cm³/mol. The summed E-state index contributed by atoms with van der Waals surface area (Å²) in [4.78, 5) is 13.0. The first-order valence-electron chi connectivity index (χ1n) is 23.0. The Hall–Kier alpha value is -4.04. The van der Waals surface area contributed by atoms with Crippen LogP contribution >= 0.6 is 0 Å². The van der Waals surface area contributed by atoms with E-state index in [-0.39, 0.29) is 34.9 Å². The highest BCUT2D eigenvalue weighted by Crippen LogP contribution is 2.68. The van der Waals surface area contributed by atoms with Crippen molar-refractivity contribution in [2.45, 2.75) is 110 Å². The summed E-state index contributed by atoms with van der Waals surface area (Å²) in [7, 11) is -3.63. The van der Waals surface area contributed by atoms with Gasteiger partial charge in [0.05, 0.1) is 24.5 Å². The predicted octanol–water partition coefficient (Wildman–Crippen LogP) is 12.2. The molecular formula is C54H66O6S. The molecule has 0 radical (unpaired) electrons. The summed E-state index contributed by atoms with van der Waals surface area (Å²) in [6.07, 6.45) is 13.0. The van der Waals surface area contributed by atoms with Gasteiger partial charge in [-0.05, 0) is 120 Å². The minimum Gasteiger partial charge on any atom is -0.458 e. The summed E-state index contributed by atoms with van der Waals surface area (Å²) < 4.78 is 45.1. The molecule has 0 heterocycles. The second-order valence-corrected chi connectivity index (χ2v) is 21.2. The van der Waals surface area contributed by atoms with Gasteiger partial charge in [-0.25, -0.2) is 4.79 Å². The van der Waals surface area contributed by atoms with Crippen molar-refractivity contribution in [3.8, 4) is 0 Å². The Bertz CT molecular complexity index is 2130. The number of fused-ring (bicyclic) bond motifs is 5. The zero-order valence-corrected chi connectivity index (χ0v) is 37.7. The van der Waals surface area contributed by atoms with Gasteiger partial charge in [-0.3, -0.25) is 4.18 Å². The molecule has 4 aromatic carbocycles. The van der Waals surface area contributed by atoms with Gasteiger partial charge in [0.1, 0.15) is 11.7 Å². The molecule has 4 aliphatic rings. The van der Waals surface area contributed by atoms with Crippen molar-refractivity contribution in [3.05, 3.63) is 155 Å². The van der Waals surface area contributed by atoms with Crippen LogP contribution in [0.2, 0.25) is 0 Å². The number of benzene rings is 4. The summed E-state index contributed by atoms with van der Waals surface area (Å²) in [6, 6.07) is 41.0. The van der Waals surface area contributed by atoms with Crippen LogP contribution in [0.1, 0.15) is 119 Å². The average Bonchev–Trinajstić information content (AvgIpc) is 3.55. The maximum atomic E-state index is 13.0. The number of hydrogen-bond acceptors (Lipinski definition) is 6. The molecule has 0 N–H and O–H groups in total. The van der Waals surface area contributed by atoms with E-state index in [0.29, 0.717) is 41.8 Å². The van der Waals surface area contributed by atoms with Gasteiger partial charge in [0, 0.05) is 6.42 Å². The SMILES string of the molecule is C[C@@H](CCC[C@@H](C)[C@H]1[C@H](OS(C)(=O)=O)C[C@H]2[C@@H]3CC=C4C[C@H](OC(=O)c5ccccc5)CC[C@]4(C)[C@H]3CC[C@]12C)COC(c1ccccc1)(c1ccccc1)c1ccccc1. The second kappa shape index (κ2) is 18.0. The molecule has 3 saturated carbocycles. The molecule has 10 atom stereocenters. The quantitative estimate of drug-likeness (QED) is 0.0513. The first-order valence-corrected chi connectivity index (χ1v) is 24.8. The van der Waals surface area contributed by atoms with Crippen LogP contribution in [-0.2, 0) is 29.4 Å². The van der Waals surface area contributed by atoms with Gasteiger partial charge < -0.3 is 9.47 Å². The summed E-state index contributed by atoms with van der Waals surface area (Å²) >= 11 is 0. The van der Waals surface area contributed by atoms with Crippen LogP contribution < -0.4 is 0 Å². The molecule has 3 fully saturated rings. The van der Waals surface area contributed by atoms with Crippen molar-refractivity contribution in [3.63, 3.8) is 0 Å². The average molecular weight is 843 g/mol. The Balaban J connectivity index is 0.947. The lowest BCUT2D eigenvalue weighted by atomic mass is 9.47. The highest BCUT2D eigenvalue weighted by molar-refractivity contribution is 7.86. The van der Waals surface area contributed by atoms with E-state index in [4.69, 9.17) is 13.7 Å². The van der Waals surface area contributed by atoms with Crippen LogP contribution in [-0.4, -0.2) is 39.5 Å². The standard InChI is InChI=1S/C54H66O6S/c1-38(37-58-54(41-23-12-7-13-24-41,42-25-14-8-15-26-42)43-27-16-9-17-28-43)19-18-20-39(2)50-49(60-61(5,56)57)36-48-46-30-29-44-35-45(59-51(55)40-21-10-6-11-22-40)31-33-52(44,3)47(46)32-34-53(48,50)4/h6-17,21-29,38-39,45-50H,18-20,30-37H2,1-5H3/t38-,39+,45+,46+,47-,48-,49+,50-,52-,53-/m0/s1. The van der Waals surface area contributed by atoms with E-state index in [2.05, 4.69) is 125 Å². The van der Waals surface area contributed by atoms with E-state index in [1.165, 1.54) is 11.8 Å².